The Hall–Kier alpha value is -1.88. The first-order valence-electron chi connectivity index (χ1n) is 5.25. The van der Waals surface area contributed by atoms with E-state index in [1.807, 2.05) is 43.3 Å². The molecule has 2 aromatic heterocycles. The molecular formula is C12H11N3OS. The van der Waals surface area contributed by atoms with Crippen LogP contribution >= 0.6 is 11.3 Å². The minimum absolute atomic E-state index is 0.167. The van der Waals surface area contributed by atoms with E-state index in [0.29, 0.717) is 10.5 Å². The van der Waals surface area contributed by atoms with Gasteiger partial charge in [0.25, 0.3) is 5.56 Å². The quantitative estimate of drug-likeness (QED) is 0.715. The third-order valence-corrected chi connectivity index (χ3v) is 3.81. The van der Waals surface area contributed by atoms with E-state index in [0.717, 1.165) is 15.7 Å². The number of nitrogens with zero attached hydrogens (tertiary/aromatic N) is 2. The van der Waals surface area contributed by atoms with E-state index in [-0.39, 0.29) is 5.56 Å². The van der Waals surface area contributed by atoms with E-state index in [4.69, 9.17) is 0 Å². The molecule has 1 N–H and O–H groups in total. The molecular weight excluding hydrogens is 234 g/mol. The van der Waals surface area contributed by atoms with Crippen molar-refractivity contribution in [3.63, 3.8) is 0 Å². The Kier molecular flexibility index (Phi) is 2.16. The van der Waals surface area contributed by atoms with Crippen molar-refractivity contribution < 1.29 is 0 Å². The van der Waals surface area contributed by atoms with Crippen molar-refractivity contribution in [2.75, 3.05) is 19.0 Å². The summed E-state index contributed by atoms with van der Waals surface area (Å²) >= 11 is 1.49. The third-order valence-electron chi connectivity index (χ3n) is 2.66. The Balaban J connectivity index is 2.49. The zero-order chi connectivity index (χ0) is 12.0. The van der Waals surface area contributed by atoms with Gasteiger partial charge in [-0.15, -0.1) is 0 Å². The Morgan fingerprint density at radius 2 is 2.06 bits per heavy atom. The van der Waals surface area contributed by atoms with Crippen LogP contribution in [-0.4, -0.2) is 24.1 Å². The maximum absolute atomic E-state index is 12.0. The number of aromatic amines is 1. The lowest BCUT2D eigenvalue weighted by atomic mass is 10.2. The Morgan fingerprint density at radius 3 is 2.82 bits per heavy atom. The molecule has 0 atom stereocenters. The summed E-state index contributed by atoms with van der Waals surface area (Å²) < 4.78 is 0. The summed E-state index contributed by atoms with van der Waals surface area (Å²) in [6.45, 7) is 0. The van der Waals surface area contributed by atoms with Crippen molar-refractivity contribution in [3.05, 3.63) is 34.6 Å². The fourth-order valence-corrected chi connectivity index (χ4v) is 2.81. The molecule has 17 heavy (non-hydrogen) atoms. The van der Waals surface area contributed by atoms with Gasteiger partial charge in [-0.1, -0.05) is 29.5 Å². The number of hydrogen-bond donors (Lipinski definition) is 1. The average Bonchev–Trinajstić information content (AvgIpc) is 2.67. The van der Waals surface area contributed by atoms with Gasteiger partial charge in [0.05, 0.1) is 5.39 Å². The van der Waals surface area contributed by atoms with Crippen LogP contribution in [0.5, 0.6) is 0 Å². The Morgan fingerprint density at radius 1 is 1.29 bits per heavy atom. The molecule has 0 bridgehead atoms. The zero-order valence-electron chi connectivity index (χ0n) is 9.52. The fourth-order valence-electron chi connectivity index (χ4n) is 1.85. The van der Waals surface area contributed by atoms with Crippen molar-refractivity contribution in [2.45, 2.75) is 0 Å². The van der Waals surface area contributed by atoms with Crippen LogP contribution < -0.4 is 10.5 Å². The van der Waals surface area contributed by atoms with Crippen molar-refractivity contribution in [3.8, 4) is 0 Å². The summed E-state index contributed by atoms with van der Waals surface area (Å²) in [5, 5.41) is 2.35. The molecule has 0 amide bonds. The predicted molar refractivity (Wildman–Crippen MR) is 72.1 cm³/mol. The lowest BCUT2D eigenvalue weighted by molar-refractivity contribution is 1.09. The standard InChI is InChI=1S/C12H11N3OS/c1-15(2)12-14-10(16)9-7-5-3-4-6-8(7)13-11(9)17-12/h3-6,13H,1-2H3. The fraction of sp³-hybridized carbons (Fsp3) is 0.167. The molecule has 0 unspecified atom stereocenters. The lowest BCUT2D eigenvalue weighted by Gasteiger charge is -2.08. The molecule has 0 aliphatic heterocycles. The first-order chi connectivity index (χ1) is 8.16. The van der Waals surface area contributed by atoms with E-state index in [1.54, 1.807) is 0 Å². The highest BCUT2D eigenvalue weighted by molar-refractivity contribution is 7.21. The molecule has 0 spiro atoms. The second kappa shape index (κ2) is 3.56. The van der Waals surface area contributed by atoms with Gasteiger partial charge in [-0.3, -0.25) is 4.79 Å². The van der Waals surface area contributed by atoms with Crippen LogP contribution in [0.4, 0.5) is 5.13 Å². The number of rotatable bonds is 1. The molecule has 0 aliphatic rings. The number of para-hydroxylation sites is 1. The first-order valence-corrected chi connectivity index (χ1v) is 6.07. The zero-order valence-corrected chi connectivity index (χ0v) is 10.3. The van der Waals surface area contributed by atoms with Crippen LogP contribution in [0.25, 0.3) is 21.1 Å². The highest BCUT2D eigenvalue weighted by Crippen LogP contribution is 2.27. The highest BCUT2D eigenvalue weighted by atomic mass is 32.1. The summed E-state index contributed by atoms with van der Waals surface area (Å²) in [5.74, 6) is 0. The molecule has 4 nitrogen and oxygen atoms in total. The molecule has 5 heteroatoms. The summed E-state index contributed by atoms with van der Waals surface area (Å²) in [7, 11) is 3.76. The molecule has 0 saturated heterocycles. The minimum atomic E-state index is -0.167. The Labute approximate surface area is 102 Å². The summed E-state index contributed by atoms with van der Waals surface area (Å²) in [6, 6.07) is 7.79. The normalized spacial score (nSPS) is 11.2. The van der Waals surface area contributed by atoms with E-state index in [2.05, 4.69) is 9.97 Å². The molecule has 0 fully saturated rings. The van der Waals surface area contributed by atoms with Gasteiger partial charge in [-0.25, -0.2) is 0 Å². The minimum Gasteiger partial charge on any atom is -0.354 e. The van der Waals surface area contributed by atoms with Crippen LogP contribution in [0.1, 0.15) is 0 Å². The predicted octanol–water partition coefficient (Wildman–Crippen LogP) is 2.20. The number of nitrogens with one attached hydrogen (secondary N) is 1. The van der Waals surface area contributed by atoms with E-state index in [9.17, 15) is 4.79 Å². The van der Waals surface area contributed by atoms with E-state index >= 15 is 0 Å². The van der Waals surface area contributed by atoms with Crippen molar-refractivity contribution in [1.82, 2.24) is 9.97 Å². The van der Waals surface area contributed by atoms with Gasteiger partial charge in [0.2, 0.25) is 0 Å². The summed E-state index contributed by atoms with van der Waals surface area (Å²) in [4.78, 5) is 22.1. The number of H-pyrrole nitrogens is 1. The molecule has 0 radical (unpaired) electrons. The second-order valence-electron chi connectivity index (χ2n) is 4.07. The molecule has 2 heterocycles. The van der Waals surface area contributed by atoms with Gasteiger partial charge < -0.3 is 9.88 Å². The van der Waals surface area contributed by atoms with Gasteiger partial charge in [0.15, 0.2) is 5.13 Å². The van der Waals surface area contributed by atoms with Gasteiger partial charge in [-0.05, 0) is 6.07 Å². The summed E-state index contributed by atoms with van der Waals surface area (Å²) in [6.07, 6.45) is 0. The molecule has 3 aromatic rings. The Bertz CT molecular complexity index is 757. The van der Waals surface area contributed by atoms with Crippen LogP contribution in [0.15, 0.2) is 29.1 Å². The first kappa shape index (κ1) is 10.3. The molecule has 86 valence electrons. The topological polar surface area (TPSA) is 49.0 Å². The maximum atomic E-state index is 12.0. The molecule has 3 rings (SSSR count). The monoisotopic (exact) mass is 245 g/mol. The smallest absolute Gasteiger partial charge is 0.283 e. The molecule has 0 aliphatic carbocycles. The SMILES string of the molecule is CN(C)c1nc(=O)c2c([nH]c3ccccc32)s1. The number of fused-ring (bicyclic) bond motifs is 3. The largest absolute Gasteiger partial charge is 0.354 e. The van der Waals surface area contributed by atoms with Crippen LogP contribution in [0.2, 0.25) is 0 Å². The second-order valence-corrected chi connectivity index (χ2v) is 5.05. The van der Waals surface area contributed by atoms with Gasteiger partial charge in [0, 0.05) is 25.0 Å². The van der Waals surface area contributed by atoms with Crippen molar-refractivity contribution in [1.29, 1.82) is 0 Å². The van der Waals surface area contributed by atoms with Crippen LogP contribution in [0, 0.1) is 0 Å². The lowest BCUT2D eigenvalue weighted by Crippen LogP contribution is -2.14. The van der Waals surface area contributed by atoms with Gasteiger partial charge >= 0.3 is 0 Å². The van der Waals surface area contributed by atoms with Gasteiger partial charge in [-0.2, -0.15) is 4.98 Å². The van der Waals surface area contributed by atoms with Crippen LogP contribution in [0.3, 0.4) is 0 Å². The maximum Gasteiger partial charge on any atom is 0.283 e. The average molecular weight is 245 g/mol. The van der Waals surface area contributed by atoms with E-state index < -0.39 is 0 Å². The summed E-state index contributed by atoms with van der Waals surface area (Å²) in [5.41, 5.74) is 0.813. The van der Waals surface area contributed by atoms with Crippen molar-refractivity contribution in [2.24, 2.45) is 0 Å². The van der Waals surface area contributed by atoms with Crippen molar-refractivity contribution >= 4 is 37.6 Å². The highest BCUT2D eigenvalue weighted by Gasteiger charge is 2.11. The number of anilines is 1. The van der Waals surface area contributed by atoms with E-state index in [1.165, 1.54) is 11.3 Å². The number of hydrogen-bond acceptors (Lipinski definition) is 4. The number of benzene rings is 1. The third kappa shape index (κ3) is 1.51. The van der Waals surface area contributed by atoms with Crippen LogP contribution in [-0.2, 0) is 0 Å². The molecule has 0 saturated carbocycles. The van der Waals surface area contributed by atoms with Gasteiger partial charge in [0.1, 0.15) is 4.83 Å². The molecule has 1 aromatic carbocycles. The number of aromatic nitrogens is 2.